The average Bonchev–Trinajstić information content (AvgIpc) is 3.33. The fourth-order valence-electron chi connectivity index (χ4n) is 3.31. The quantitative estimate of drug-likeness (QED) is 0.798. The molecule has 0 saturated carbocycles. The molecule has 1 atom stereocenters. The fourth-order valence-corrected chi connectivity index (χ4v) is 3.31. The van der Waals surface area contributed by atoms with Crippen LogP contribution in [0.5, 0.6) is 0 Å². The highest BCUT2D eigenvalue weighted by Gasteiger charge is 2.31. The van der Waals surface area contributed by atoms with Crippen LogP contribution in [0.25, 0.3) is 11.5 Å². The van der Waals surface area contributed by atoms with Crippen molar-refractivity contribution < 1.29 is 9.21 Å². The van der Waals surface area contributed by atoms with E-state index in [0.29, 0.717) is 18.0 Å². The van der Waals surface area contributed by atoms with Crippen LogP contribution in [0.2, 0.25) is 0 Å². The van der Waals surface area contributed by atoms with Crippen molar-refractivity contribution in [3.8, 4) is 11.5 Å². The molecular formula is C19H17N3O3. The van der Waals surface area contributed by atoms with Crippen LogP contribution in [0.3, 0.4) is 0 Å². The number of H-pyrrole nitrogens is 1. The smallest absolute Gasteiger partial charge is 0.261 e. The van der Waals surface area contributed by atoms with Crippen molar-refractivity contribution in [3.63, 3.8) is 0 Å². The molecule has 1 aliphatic heterocycles. The van der Waals surface area contributed by atoms with E-state index in [1.807, 2.05) is 12.1 Å². The highest BCUT2D eigenvalue weighted by molar-refractivity contribution is 5.94. The van der Waals surface area contributed by atoms with Gasteiger partial charge in [-0.15, -0.1) is 0 Å². The van der Waals surface area contributed by atoms with Crippen LogP contribution in [0, 0.1) is 0 Å². The Morgan fingerprint density at radius 2 is 2.04 bits per heavy atom. The molecule has 1 N–H and O–H groups in total. The lowest BCUT2D eigenvalue weighted by Gasteiger charge is -2.24. The van der Waals surface area contributed by atoms with E-state index in [9.17, 15) is 9.59 Å². The van der Waals surface area contributed by atoms with Crippen molar-refractivity contribution in [3.05, 3.63) is 76.5 Å². The molecule has 25 heavy (non-hydrogen) atoms. The summed E-state index contributed by atoms with van der Waals surface area (Å²) in [6.07, 6.45) is 6.79. The number of nitrogens with one attached hydrogen (secondary N) is 1. The molecule has 4 heterocycles. The predicted molar refractivity (Wildman–Crippen MR) is 92.0 cm³/mol. The van der Waals surface area contributed by atoms with Gasteiger partial charge in [0.25, 0.3) is 11.5 Å². The average molecular weight is 335 g/mol. The molecule has 6 heteroatoms. The van der Waals surface area contributed by atoms with Gasteiger partial charge >= 0.3 is 0 Å². The first-order valence-corrected chi connectivity index (χ1v) is 8.22. The van der Waals surface area contributed by atoms with Crippen LogP contribution in [-0.4, -0.2) is 27.3 Å². The molecule has 0 aromatic carbocycles. The van der Waals surface area contributed by atoms with Gasteiger partial charge in [0.1, 0.15) is 11.3 Å². The maximum Gasteiger partial charge on any atom is 0.261 e. The van der Waals surface area contributed by atoms with Gasteiger partial charge in [-0.05, 0) is 54.8 Å². The van der Waals surface area contributed by atoms with Crippen molar-refractivity contribution in [1.29, 1.82) is 0 Å². The third-order valence-electron chi connectivity index (χ3n) is 4.53. The van der Waals surface area contributed by atoms with Crippen molar-refractivity contribution in [2.24, 2.45) is 0 Å². The number of nitrogens with zero attached hydrogens (tertiary/aromatic N) is 2. The van der Waals surface area contributed by atoms with Gasteiger partial charge in [-0.2, -0.15) is 0 Å². The summed E-state index contributed by atoms with van der Waals surface area (Å²) < 4.78 is 5.28. The van der Waals surface area contributed by atoms with Crippen LogP contribution in [0.4, 0.5) is 0 Å². The minimum Gasteiger partial charge on any atom is -0.463 e. The molecule has 4 rings (SSSR count). The molecule has 1 unspecified atom stereocenters. The van der Waals surface area contributed by atoms with Gasteiger partial charge < -0.3 is 14.3 Å². The summed E-state index contributed by atoms with van der Waals surface area (Å²) in [5.74, 6) is 0.318. The Balaban J connectivity index is 1.63. The molecule has 0 bridgehead atoms. The lowest BCUT2D eigenvalue weighted by molar-refractivity contribution is 0.0734. The number of aromatic amines is 1. The van der Waals surface area contributed by atoms with Gasteiger partial charge in [0.05, 0.1) is 18.0 Å². The number of carbonyl (C=O) groups excluding carboxylic acids is 1. The van der Waals surface area contributed by atoms with Crippen LogP contribution in [0.15, 0.2) is 64.3 Å². The molecule has 1 saturated heterocycles. The second-order valence-corrected chi connectivity index (χ2v) is 6.03. The number of carbonyl (C=O) groups is 1. The highest BCUT2D eigenvalue weighted by atomic mass is 16.3. The number of amides is 1. The summed E-state index contributed by atoms with van der Waals surface area (Å²) in [5, 5.41) is 0. The number of hydrogen-bond acceptors (Lipinski definition) is 4. The number of hydrogen-bond donors (Lipinski definition) is 1. The molecule has 0 spiro atoms. The lowest BCUT2D eigenvalue weighted by atomic mass is 10.1. The van der Waals surface area contributed by atoms with E-state index in [0.717, 1.165) is 18.4 Å². The maximum atomic E-state index is 12.9. The maximum absolute atomic E-state index is 12.9. The highest BCUT2D eigenvalue weighted by Crippen LogP contribution is 2.32. The Hall–Kier alpha value is -3.15. The Morgan fingerprint density at radius 1 is 1.20 bits per heavy atom. The second kappa shape index (κ2) is 6.39. The summed E-state index contributed by atoms with van der Waals surface area (Å²) in [6, 6.07) is 10.6. The Kier molecular flexibility index (Phi) is 3.93. The molecule has 1 fully saturated rings. The van der Waals surface area contributed by atoms with Crippen LogP contribution >= 0.6 is 0 Å². The van der Waals surface area contributed by atoms with E-state index >= 15 is 0 Å². The molecule has 1 aliphatic rings. The van der Waals surface area contributed by atoms with Crippen molar-refractivity contribution in [2.45, 2.75) is 18.9 Å². The summed E-state index contributed by atoms with van der Waals surface area (Å²) in [4.78, 5) is 33.9. The van der Waals surface area contributed by atoms with Crippen molar-refractivity contribution in [2.75, 3.05) is 6.54 Å². The minimum atomic E-state index is -0.403. The van der Waals surface area contributed by atoms with Crippen molar-refractivity contribution in [1.82, 2.24) is 14.9 Å². The molecule has 1 amide bonds. The third kappa shape index (κ3) is 2.87. The molecule has 0 radical (unpaired) electrons. The molecule has 0 aliphatic carbocycles. The van der Waals surface area contributed by atoms with Gasteiger partial charge in [-0.25, -0.2) is 0 Å². The summed E-state index contributed by atoms with van der Waals surface area (Å²) in [6.45, 7) is 0.644. The van der Waals surface area contributed by atoms with Gasteiger partial charge in [-0.1, -0.05) is 0 Å². The van der Waals surface area contributed by atoms with E-state index < -0.39 is 5.56 Å². The first-order valence-electron chi connectivity index (χ1n) is 8.22. The standard InChI is InChI=1S/C19H17N3O3/c23-18-14(5-6-15(21-18)17-4-2-12-25-17)19(24)22-11-1-3-16(22)13-7-9-20-10-8-13/h2,4-10,12,16H,1,3,11H2,(H,21,23). The molecule has 3 aromatic heterocycles. The number of rotatable bonds is 3. The summed E-state index contributed by atoms with van der Waals surface area (Å²) >= 11 is 0. The SMILES string of the molecule is O=C(c1ccc(-c2ccco2)[nH]c1=O)N1CCCC1c1ccncc1. The van der Waals surface area contributed by atoms with E-state index in [4.69, 9.17) is 4.42 Å². The van der Waals surface area contributed by atoms with Gasteiger partial charge in [-0.3, -0.25) is 14.6 Å². The molecule has 126 valence electrons. The number of pyridine rings is 2. The third-order valence-corrected chi connectivity index (χ3v) is 4.53. The van der Waals surface area contributed by atoms with E-state index in [1.165, 1.54) is 6.26 Å². The Labute approximate surface area is 144 Å². The minimum absolute atomic E-state index is 0.0142. The van der Waals surface area contributed by atoms with Gasteiger partial charge in [0.15, 0.2) is 0 Å². The fraction of sp³-hybridized carbons (Fsp3) is 0.211. The molecular weight excluding hydrogens is 318 g/mol. The van der Waals surface area contributed by atoms with Crippen LogP contribution in [-0.2, 0) is 0 Å². The summed E-state index contributed by atoms with van der Waals surface area (Å²) in [7, 11) is 0. The Morgan fingerprint density at radius 3 is 2.76 bits per heavy atom. The molecule has 3 aromatic rings. The second-order valence-electron chi connectivity index (χ2n) is 6.03. The largest absolute Gasteiger partial charge is 0.463 e. The van der Waals surface area contributed by atoms with Crippen LogP contribution < -0.4 is 5.56 Å². The van der Waals surface area contributed by atoms with Crippen molar-refractivity contribution >= 4 is 5.91 Å². The van der Waals surface area contributed by atoms with E-state index in [2.05, 4.69) is 9.97 Å². The normalized spacial score (nSPS) is 17.0. The van der Waals surface area contributed by atoms with Gasteiger partial charge in [0, 0.05) is 18.9 Å². The predicted octanol–water partition coefficient (Wildman–Crippen LogP) is 3.01. The van der Waals surface area contributed by atoms with E-state index in [-0.39, 0.29) is 17.5 Å². The zero-order valence-electron chi connectivity index (χ0n) is 13.5. The zero-order chi connectivity index (χ0) is 17.2. The Bertz CT molecular complexity index is 932. The number of aromatic nitrogens is 2. The van der Waals surface area contributed by atoms with E-state index in [1.54, 1.807) is 41.6 Å². The zero-order valence-corrected chi connectivity index (χ0v) is 13.5. The number of furan rings is 1. The number of likely N-dealkylation sites (tertiary alicyclic amines) is 1. The lowest BCUT2D eigenvalue weighted by Crippen LogP contribution is -2.34. The topological polar surface area (TPSA) is 79.2 Å². The summed E-state index contributed by atoms with van der Waals surface area (Å²) in [5.41, 5.74) is 1.35. The van der Waals surface area contributed by atoms with Crippen LogP contribution in [0.1, 0.15) is 34.8 Å². The van der Waals surface area contributed by atoms with Gasteiger partial charge in [0.2, 0.25) is 0 Å². The first kappa shape index (κ1) is 15.4. The monoisotopic (exact) mass is 335 g/mol. The molecule has 6 nitrogen and oxygen atoms in total. The first-order chi connectivity index (χ1) is 12.2.